The number of Topliss-reactive ketones (excluding diaryl/α,β-unsaturated/α-hetero) is 1. The van der Waals surface area contributed by atoms with Crippen LogP contribution >= 0.6 is 0 Å². The molecule has 3 aromatic carbocycles. The molecule has 3 aromatic rings. The molecule has 1 saturated heterocycles. The van der Waals surface area contributed by atoms with E-state index >= 15 is 0 Å². The number of hydrogen-bond donors (Lipinski definition) is 1. The van der Waals surface area contributed by atoms with E-state index in [0.29, 0.717) is 28.3 Å². The molecule has 8 nitrogen and oxygen atoms in total. The van der Waals surface area contributed by atoms with Gasteiger partial charge in [-0.3, -0.25) is 19.3 Å². The molecule has 1 aliphatic heterocycles. The number of anilines is 1. The van der Waals surface area contributed by atoms with Gasteiger partial charge in [0.2, 0.25) is 0 Å². The molecule has 4 rings (SSSR count). The number of aliphatic hydroxyl groups excluding tert-OH is 1. The molecule has 0 saturated carbocycles. The van der Waals surface area contributed by atoms with Gasteiger partial charge in [-0.25, -0.2) is 0 Å². The highest BCUT2D eigenvalue weighted by molar-refractivity contribution is 6.51. The van der Waals surface area contributed by atoms with Gasteiger partial charge in [-0.1, -0.05) is 32.0 Å². The average Bonchev–Trinajstić information content (AvgIpc) is 3.17. The molecule has 1 heterocycles. The summed E-state index contributed by atoms with van der Waals surface area (Å²) in [7, 11) is 3.07. The Hall–Kier alpha value is -4.59. The Balaban J connectivity index is 1.96. The fourth-order valence-electron chi connectivity index (χ4n) is 4.58. The van der Waals surface area contributed by atoms with Crippen molar-refractivity contribution in [1.82, 2.24) is 0 Å². The van der Waals surface area contributed by atoms with Crippen LogP contribution in [0.25, 0.3) is 5.76 Å². The Kier molecular flexibility index (Phi) is 7.52. The Labute approximate surface area is 221 Å². The van der Waals surface area contributed by atoms with E-state index in [9.17, 15) is 19.5 Å². The lowest BCUT2D eigenvalue weighted by atomic mass is 9.93. The normalized spacial score (nSPS) is 16.6. The van der Waals surface area contributed by atoms with Gasteiger partial charge in [-0.2, -0.15) is 0 Å². The van der Waals surface area contributed by atoms with E-state index in [1.165, 1.54) is 18.9 Å². The first-order valence-electron chi connectivity index (χ1n) is 12.1. The highest BCUT2D eigenvalue weighted by Gasteiger charge is 2.47. The third-order valence-electron chi connectivity index (χ3n) is 6.34. The monoisotopic (exact) mass is 515 g/mol. The molecule has 196 valence electrons. The molecule has 1 fully saturated rings. The van der Waals surface area contributed by atoms with Crippen LogP contribution in [0.3, 0.4) is 0 Å². The van der Waals surface area contributed by atoms with Crippen LogP contribution in [0.4, 0.5) is 5.69 Å². The van der Waals surface area contributed by atoms with E-state index in [4.69, 9.17) is 14.2 Å². The minimum Gasteiger partial charge on any atom is -0.507 e. The second kappa shape index (κ2) is 10.8. The van der Waals surface area contributed by atoms with Gasteiger partial charge in [-0.05, 0) is 59.5 Å². The van der Waals surface area contributed by atoms with Gasteiger partial charge in [-0.15, -0.1) is 0 Å². The molecule has 0 bridgehead atoms. The number of carbonyl (C=O) groups is 3. The van der Waals surface area contributed by atoms with Crippen LogP contribution in [0.5, 0.6) is 17.2 Å². The quantitative estimate of drug-likeness (QED) is 0.148. The fourth-order valence-corrected chi connectivity index (χ4v) is 4.58. The molecule has 0 aromatic heterocycles. The predicted octanol–water partition coefficient (Wildman–Crippen LogP) is 5.38. The summed E-state index contributed by atoms with van der Waals surface area (Å²) in [5.41, 5.74) is 2.01. The summed E-state index contributed by atoms with van der Waals surface area (Å²) in [5.74, 6) is -1.00. The second-order valence-corrected chi connectivity index (χ2v) is 9.15. The number of aliphatic hydroxyl groups is 1. The third kappa shape index (κ3) is 4.98. The summed E-state index contributed by atoms with van der Waals surface area (Å²) >= 11 is 0. The number of carbonyl (C=O) groups excluding carboxylic acids is 3. The number of ether oxygens (including phenoxy) is 3. The van der Waals surface area contributed by atoms with Crippen LogP contribution in [0, 0.1) is 0 Å². The number of ketones is 1. The molecule has 0 aliphatic carbocycles. The van der Waals surface area contributed by atoms with Gasteiger partial charge < -0.3 is 19.3 Å². The number of hydrogen-bond acceptors (Lipinski definition) is 7. The standard InChI is InChI=1S/C30H29NO7/c1-17(2)24-15-20(12-13-25(24)37-5)28(33)26-27(19-8-6-11-23(14-19)38-18(3)32)31(30(35)29(26)34)21-9-7-10-22(16-21)36-4/h6-17,27,33H,1-5H3/b28-26+. The highest BCUT2D eigenvalue weighted by atomic mass is 16.5. The van der Waals surface area contributed by atoms with Gasteiger partial charge >= 0.3 is 5.97 Å². The highest BCUT2D eigenvalue weighted by Crippen LogP contribution is 2.44. The van der Waals surface area contributed by atoms with Crippen LogP contribution < -0.4 is 19.1 Å². The number of rotatable bonds is 7. The number of nitrogens with zero attached hydrogens (tertiary/aromatic N) is 1. The molecular formula is C30H29NO7. The van der Waals surface area contributed by atoms with E-state index in [0.717, 1.165) is 5.56 Å². The molecule has 1 atom stereocenters. The Bertz CT molecular complexity index is 1440. The lowest BCUT2D eigenvalue weighted by Crippen LogP contribution is -2.29. The SMILES string of the molecule is COc1cccc(N2C(=O)C(=O)/C(=C(/O)c3ccc(OC)c(C(C)C)c3)C2c2cccc(OC(C)=O)c2)c1. The zero-order chi connectivity index (χ0) is 27.6. The van der Waals surface area contributed by atoms with E-state index in [1.807, 2.05) is 13.8 Å². The Morgan fingerprint density at radius 1 is 0.921 bits per heavy atom. The molecule has 1 unspecified atom stereocenters. The van der Waals surface area contributed by atoms with Gasteiger partial charge in [0.25, 0.3) is 11.7 Å². The summed E-state index contributed by atoms with van der Waals surface area (Å²) in [6.07, 6.45) is 0. The molecular weight excluding hydrogens is 486 g/mol. The second-order valence-electron chi connectivity index (χ2n) is 9.15. The zero-order valence-electron chi connectivity index (χ0n) is 21.8. The van der Waals surface area contributed by atoms with Crippen LogP contribution in [0.2, 0.25) is 0 Å². The largest absolute Gasteiger partial charge is 0.507 e. The van der Waals surface area contributed by atoms with E-state index in [1.54, 1.807) is 73.8 Å². The van der Waals surface area contributed by atoms with Crippen molar-refractivity contribution in [3.8, 4) is 17.2 Å². The molecule has 8 heteroatoms. The summed E-state index contributed by atoms with van der Waals surface area (Å²) < 4.78 is 16.0. The van der Waals surface area contributed by atoms with Crippen molar-refractivity contribution in [2.75, 3.05) is 19.1 Å². The lowest BCUT2D eigenvalue weighted by molar-refractivity contribution is -0.132. The zero-order valence-corrected chi connectivity index (χ0v) is 21.8. The molecule has 1 N–H and O–H groups in total. The van der Waals surface area contributed by atoms with Gasteiger partial charge in [0.05, 0.1) is 25.8 Å². The summed E-state index contributed by atoms with van der Waals surface area (Å²) in [6, 6.07) is 17.4. The van der Waals surface area contributed by atoms with Crippen LogP contribution in [0.1, 0.15) is 49.4 Å². The first-order chi connectivity index (χ1) is 18.2. The van der Waals surface area contributed by atoms with Gasteiger partial charge in [0.1, 0.15) is 23.0 Å². The van der Waals surface area contributed by atoms with E-state index < -0.39 is 23.7 Å². The summed E-state index contributed by atoms with van der Waals surface area (Å²) in [5, 5.41) is 11.5. The molecule has 1 aliphatic rings. The van der Waals surface area contributed by atoms with Crippen LogP contribution in [-0.4, -0.2) is 37.0 Å². The molecule has 0 radical (unpaired) electrons. The van der Waals surface area contributed by atoms with Crippen molar-refractivity contribution in [2.45, 2.75) is 32.7 Å². The Morgan fingerprint density at radius 3 is 2.29 bits per heavy atom. The number of amides is 1. The summed E-state index contributed by atoms with van der Waals surface area (Å²) in [6.45, 7) is 5.26. The molecule has 0 spiro atoms. The predicted molar refractivity (Wildman–Crippen MR) is 143 cm³/mol. The topological polar surface area (TPSA) is 102 Å². The maximum Gasteiger partial charge on any atom is 0.308 e. The fraction of sp³-hybridized carbons (Fsp3) is 0.233. The van der Waals surface area contributed by atoms with Crippen molar-refractivity contribution in [3.05, 3.63) is 89.0 Å². The smallest absolute Gasteiger partial charge is 0.308 e. The summed E-state index contributed by atoms with van der Waals surface area (Å²) in [4.78, 5) is 39.9. The van der Waals surface area contributed by atoms with Crippen molar-refractivity contribution in [1.29, 1.82) is 0 Å². The maximum absolute atomic E-state index is 13.5. The number of benzene rings is 3. The Morgan fingerprint density at radius 2 is 1.63 bits per heavy atom. The van der Waals surface area contributed by atoms with E-state index in [2.05, 4.69) is 0 Å². The van der Waals surface area contributed by atoms with Gasteiger partial charge in [0, 0.05) is 24.2 Å². The van der Waals surface area contributed by atoms with Gasteiger partial charge in [0.15, 0.2) is 0 Å². The average molecular weight is 516 g/mol. The molecule has 1 amide bonds. The minimum absolute atomic E-state index is 0.0769. The first kappa shape index (κ1) is 26.5. The maximum atomic E-state index is 13.5. The van der Waals surface area contributed by atoms with Crippen molar-refractivity contribution >= 4 is 29.1 Å². The first-order valence-corrected chi connectivity index (χ1v) is 12.1. The third-order valence-corrected chi connectivity index (χ3v) is 6.34. The minimum atomic E-state index is -0.998. The van der Waals surface area contributed by atoms with Crippen molar-refractivity contribution < 1.29 is 33.7 Å². The van der Waals surface area contributed by atoms with Crippen molar-refractivity contribution in [2.24, 2.45) is 0 Å². The van der Waals surface area contributed by atoms with Crippen molar-refractivity contribution in [3.63, 3.8) is 0 Å². The lowest BCUT2D eigenvalue weighted by Gasteiger charge is -2.26. The number of methoxy groups -OCH3 is 2. The van der Waals surface area contributed by atoms with Crippen LogP contribution in [0.15, 0.2) is 72.3 Å². The van der Waals surface area contributed by atoms with E-state index in [-0.39, 0.29) is 23.0 Å². The molecule has 38 heavy (non-hydrogen) atoms. The number of esters is 1. The van der Waals surface area contributed by atoms with Crippen LogP contribution in [-0.2, 0) is 14.4 Å².